The van der Waals surface area contributed by atoms with Crippen molar-refractivity contribution in [1.29, 1.82) is 0 Å². The Balaban J connectivity index is 2.12. The van der Waals surface area contributed by atoms with Gasteiger partial charge in [-0.1, -0.05) is 6.08 Å². The van der Waals surface area contributed by atoms with Gasteiger partial charge >= 0.3 is 0 Å². The number of anilines is 1. The van der Waals surface area contributed by atoms with Crippen molar-refractivity contribution < 1.29 is 14.0 Å². The van der Waals surface area contributed by atoms with E-state index in [4.69, 9.17) is 0 Å². The number of nitrogens with one attached hydrogen (secondary N) is 1. The number of nitrogens with zero attached hydrogens (tertiary/aromatic N) is 1. The third-order valence-corrected chi connectivity index (χ3v) is 3.40. The van der Waals surface area contributed by atoms with Crippen molar-refractivity contribution in [1.82, 2.24) is 5.32 Å². The fourth-order valence-corrected chi connectivity index (χ4v) is 2.27. The van der Waals surface area contributed by atoms with E-state index in [1.54, 1.807) is 25.1 Å². The second-order valence-corrected chi connectivity index (χ2v) is 4.80. The quantitative estimate of drug-likeness (QED) is 0.673. The molecule has 1 fully saturated rings. The first-order valence-electron chi connectivity index (χ1n) is 6.50. The monoisotopic (exact) mass is 276 g/mol. The van der Waals surface area contributed by atoms with Crippen LogP contribution in [0.3, 0.4) is 0 Å². The van der Waals surface area contributed by atoms with Crippen LogP contribution in [-0.4, -0.2) is 24.9 Å². The summed E-state index contributed by atoms with van der Waals surface area (Å²) in [6, 6.07) is 4.52. The Bertz CT molecular complexity index is 557. The minimum absolute atomic E-state index is 0.238. The lowest BCUT2D eigenvalue weighted by atomic mass is 10.1. The Morgan fingerprint density at radius 2 is 2.35 bits per heavy atom. The molecule has 0 spiro atoms. The number of rotatable bonds is 4. The molecule has 106 valence electrons. The zero-order valence-electron chi connectivity index (χ0n) is 11.4. The number of hydrogen-bond donors (Lipinski definition) is 1. The summed E-state index contributed by atoms with van der Waals surface area (Å²) in [5.41, 5.74) is 1.11. The smallest absolute Gasteiger partial charge is 0.239 e. The Morgan fingerprint density at radius 3 is 3.00 bits per heavy atom. The van der Waals surface area contributed by atoms with Crippen LogP contribution in [0.5, 0.6) is 0 Å². The van der Waals surface area contributed by atoms with Crippen LogP contribution in [0.4, 0.5) is 10.1 Å². The minimum Gasteiger partial charge on any atom is -0.352 e. The second-order valence-electron chi connectivity index (χ2n) is 4.80. The van der Waals surface area contributed by atoms with Crippen LogP contribution in [0.1, 0.15) is 12.0 Å². The van der Waals surface area contributed by atoms with Crippen molar-refractivity contribution in [3.05, 3.63) is 42.2 Å². The van der Waals surface area contributed by atoms with Gasteiger partial charge in [0.25, 0.3) is 0 Å². The molecule has 1 heterocycles. The summed E-state index contributed by atoms with van der Waals surface area (Å²) in [7, 11) is 0. The van der Waals surface area contributed by atoms with Gasteiger partial charge in [-0.2, -0.15) is 0 Å². The Hall–Kier alpha value is -2.17. The molecule has 2 amide bonds. The predicted octanol–water partition coefficient (Wildman–Crippen LogP) is 1.79. The van der Waals surface area contributed by atoms with E-state index >= 15 is 0 Å². The van der Waals surface area contributed by atoms with Gasteiger partial charge < -0.3 is 10.2 Å². The molecule has 2 rings (SSSR count). The lowest BCUT2D eigenvalue weighted by Gasteiger charge is -2.17. The van der Waals surface area contributed by atoms with Crippen LogP contribution in [-0.2, 0) is 9.59 Å². The van der Waals surface area contributed by atoms with E-state index in [1.807, 2.05) is 0 Å². The molecular weight excluding hydrogens is 259 g/mol. The molecule has 0 aliphatic carbocycles. The van der Waals surface area contributed by atoms with Gasteiger partial charge in [0, 0.05) is 18.8 Å². The average molecular weight is 276 g/mol. The van der Waals surface area contributed by atoms with Crippen molar-refractivity contribution in [2.24, 2.45) is 5.92 Å². The van der Waals surface area contributed by atoms with Crippen LogP contribution in [0.15, 0.2) is 30.9 Å². The normalized spacial score (nSPS) is 18.2. The number of benzene rings is 1. The van der Waals surface area contributed by atoms with Crippen LogP contribution >= 0.6 is 0 Å². The number of aryl methyl sites for hydroxylation is 1. The first kappa shape index (κ1) is 14.2. The highest BCUT2D eigenvalue weighted by Gasteiger charge is 2.37. The van der Waals surface area contributed by atoms with E-state index in [1.165, 1.54) is 11.0 Å². The molecule has 1 atom stereocenters. The van der Waals surface area contributed by atoms with Gasteiger partial charge in [-0.3, -0.25) is 9.59 Å². The summed E-state index contributed by atoms with van der Waals surface area (Å²) >= 11 is 0. The van der Waals surface area contributed by atoms with Gasteiger partial charge in [-0.15, -0.1) is 6.58 Å². The SMILES string of the molecule is C=CCNC(=O)C1CCN(c2ccc(F)c(C)c2)C1=O. The number of carbonyl (C=O) groups is 2. The molecule has 1 aliphatic heterocycles. The Morgan fingerprint density at radius 1 is 1.60 bits per heavy atom. The molecular formula is C15H17FN2O2. The number of amides is 2. The summed E-state index contributed by atoms with van der Waals surface area (Å²) in [5.74, 6) is -1.49. The van der Waals surface area contributed by atoms with Crippen LogP contribution < -0.4 is 10.2 Å². The molecule has 1 unspecified atom stereocenters. The molecule has 0 saturated carbocycles. The van der Waals surface area contributed by atoms with Crippen molar-refractivity contribution in [3.63, 3.8) is 0 Å². The standard InChI is InChI=1S/C15H17FN2O2/c1-3-7-17-14(19)12-6-8-18(15(12)20)11-4-5-13(16)10(2)9-11/h3-5,9,12H,1,6-8H2,2H3,(H,17,19). The summed E-state index contributed by atoms with van der Waals surface area (Å²) in [6.45, 7) is 5.97. The highest BCUT2D eigenvalue weighted by Crippen LogP contribution is 2.26. The highest BCUT2D eigenvalue weighted by atomic mass is 19.1. The molecule has 4 nitrogen and oxygen atoms in total. The van der Waals surface area contributed by atoms with E-state index in [0.29, 0.717) is 30.8 Å². The minimum atomic E-state index is -0.666. The Kier molecular flexibility index (Phi) is 4.17. The van der Waals surface area contributed by atoms with Gasteiger partial charge in [0.15, 0.2) is 0 Å². The summed E-state index contributed by atoms with van der Waals surface area (Å²) in [4.78, 5) is 25.6. The van der Waals surface area contributed by atoms with E-state index < -0.39 is 5.92 Å². The maximum absolute atomic E-state index is 13.3. The molecule has 5 heteroatoms. The number of carbonyl (C=O) groups excluding carboxylic acids is 2. The number of hydrogen-bond acceptors (Lipinski definition) is 2. The van der Waals surface area contributed by atoms with Crippen molar-refractivity contribution in [2.45, 2.75) is 13.3 Å². The molecule has 0 bridgehead atoms. The molecule has 1 saturated heterocycles. The van der Waals surface area contributed by atoms with Crippen molar-refractivity contribution in [2.75, 3.05) is 18.0 Å². The van der Waals surface area contributed by atoms with Gasteiger partial charge in [-0.05, 0) is 37.1 Å². The number of halogens is 1. The average Bonchev–Trinajstić information content (AvgIpc) is 2.81. The van der Waals surface area contributed by atoms with Crippen LogP contribution in [0.2, 0.25) is 0 Å². The third kappa shape index (κ3) is 2.71. The van der Waals surface area contributed by atoms with Gasteiger partial charge in [0.05, 0.1) is 0 Å². The molecule has 1 aromatic carbocycles. The largest absolute Gasteiger partial charge is 0.352 e. The predicted molar refractivity (Wildman–Crippen MR) is 74.8 cm³/mol. The zero-order chi connectivity index (χ0) is 14.7. The fraction of sp³-hybridized carbons (Fsp3) is 0.333. The van der Waals surface area contributed by atoms with E-state index in [2.05, 4.69) is 11.9 Å². The lowest BCUT2D eigenvalue weighted by molar-refractivity contribution is -0.131. The van der Waals surface area contributed by atoms with Gasteiger partial charge in [-0.25, -0.2) is 4.39 Å². The lowest BCUT2D eigenvalue weighted by Crippen LogP contribution is -2.36. The molecule has 0 radical (unpaired) electrons. The van der Waals surface area contributed by atoms with E-state index in [0.717, 1.165) is 0 Å². The van der Waals surface area contributed by atoms with E-state index in [9.17, 15) is 14.0 Å². The summed E-state index contributed by atoms with van der Waals surface area (Å²) in [6.07, 6.45) is 2.04. The zero-order valence-corrected chi connectivity index (χ0v) is 11.4. The van der Waals surface area contributed by atoms with Gasteiger partial charge in [0.2, 0.25) is 11.8 Å². The molecule has 1 aromatic rings. The maximum atomic E-state index is 13.3. The van der Waals surface area contributed by atoms with Crippen LogP contribution in [0, 0.1) is 18.7 Å². The highest BCUT2D eigenvalue weighted by molar-refractivity contribution is 6.09. The Labute approximate surface area is 117 Å². The third-order valence-electron chi connectivity index (χ3n) is 3.40. The van der Waals surface area contributed by atoms with Crippen molar-refractivity contribution in [3.8, 4) is 0 Å². The molecule has 1 aliphatic rings. The van der Waals surface area contributed by atoms with Crippen molar-refractivity contribution >= 4 is 17.5 Å². The fourth-order valence-electron chi connectivity index (χ4n) is 2.27. The van der Waals surface area contributed by atoms with Crippen LogP contribution in [0.25, 0.3) is 0 Å². The summed E-state index contributed by atoms with van der Waals surface area (Å²) < 4.78 is 13.3. The first-order chi connectivity index (χ1) is 9.54. The summed E-state index contributed by atoms with van der Waals surface area (Å²) in [5, 5.41) is 2.63. The van der Waals surface area contributed by atoms with Gasteiger partial charge in [0.1, 0.15) is 11.7 Å². The molecule has 20 heavy (non-hydrogen) atoms. The second kappa shape index (κ2) is 5.86. The molecule has 1 N–H and O–H groups in total. The van der Waals surface area contributed by atoms with E-state index in [-0.39, 0.29) is 17.6 Å². The first-order valence-corrected chi connectivity index (χ1v) is 6.50. The topological polar surface area (TPSA) is 49.4 Å². The molecule has 0 aromatic heterocycles. The maximum Gasteiger partial charge on any atom is 0.239 e.